The summed E-state index contributed by atoms with van der Waals surface area (Å²) in [5, 5.41) is 0. The van der Waals surface area contributed by atoms with E-state index in [9.17, 15) is 0 Å². The minimum absolute atomic E-state index is 0.515. The van der Waals surface area contributed by atoms with E-state index in [-0.39, 0.29) is 0 Å². The van der Waals surface area contributed by atoms with Crippen molar-refractivity contribution < 1.29 is 4.43 Å². The lowest BCUT2D eigenvalue weighted by Gasteiger charge is -2.27. The van der Waals surface area contributed by atoms with Gasteiger partial charge in [-0.15, -0.1) is 0 Å². The molecule has 0 aromatic heterocycles. The largest absolute Gasteiger partial charge is 0.543 e. The fourth-order valence-corrected chi connectivity index (χ4v) is 4.19. The van der Waals surface area contributed by atoms with Crippen molar-refractivity contribution in [3.05, 3.63) is 59.7 Å². The van der Waals surface area contributed by atoms with Crippen LogP contribution in [0.4, 0.5) is 5.69 Å². The van der Waals surface area contributed by atoms with Crippen molar-refractivity contribution in [3.63, 3.8) is 0 Å². The number of likely N-dealkylation sites (tertiary alicyclic amines) is 1. The summed E-state index contributed by atoms with van der Waals surface area (Å²) >= 11 is 0. The van der Waals surface area contributed by atoms with Crippen LogP contribution in [-0.2, 0) is 0 Å². The van der Waals surface area contributed by atoms with Gasteiger partial charge in [0.25, 0.3) is 0 Å². The normalized spacial score (nSPS) is 18.3. The highest BCUT2D eigenvalue weighted by atomic mass is 28.4. The third-order valence-corrected chi connectivity index (χ3v) is 5.45. The van der Waals surface area contributed by atoms with Crippen molar-refractivity contribution in [2.75, 3.05) is 6.54 Å². The van der Waals surface area contributed by atoms with Gasteiger partial charge in [0.2, 0.25) is 8.32 Å². The molecule has 2 aromatic rings. The summed E-state index contributed by atoms with van der Waals surface area (Å²) in [5.74, 6) is 1.96. The van der Waals surface area contributed by atoms with Crippen molar-refractivity contribution in [3.8, 4) is 5.75 Å². The molecule has 138 valence electrons. The van der Waals surface area contributed by atoms with E-state index in [1.807, 2.05) is 0 Å². The highest BCUT2D eigenvalue weighted by Crippen LogP contribution is 2.33. The van der Waals surface area contributed by atoms with Gasteiger partial charge in [-0.25, -0.2) is 4.99 Å². The number of hydrogen-bond acceptors (Lipinski definition) is 2. The van der Waals surface area contributed by atoms with E-state index in [0.717, 1.165) is 23.8 Å². The van der Waals surface area contributed by atoms with E-state index >= 15 is 0 Å². The zero-order chi connectivity index (χ0) is 18.7. The van der Waals surface area contributed by atoms with Crippen molar-refractivity contribution in [1.82, 2.24) is 4.90 Å². The van der Waals surface area contributed by atoms with Crippen LogP contribution in [0.1, 0.15) is 30.9 Å². The van der Waals surface area contributed by atoms with Crippen LogP contribution in [-0.4, -0.2) is 31.6 Å². The highest BCUT2D eigenvalue weighted by Gasteiger charge is 2.25. The van der Waals surface area contributed by atoms with Gasteiger partial charge in [0.05, 0.1) is 0 Å². The lowest BCUT2D eigenvalue weighted by molar-refractivity contribution is 0.415. The third-order valence-electron chi connectivity index (χ3n) is 4.61. The fraction of sp³-hybridized carbons (Fsp3) is 0.409. The van der Waals surface area contributed by atoms with E-state index in [0.29, 0.717) is 6.04 Å². The number of rotatable bonds is 4. The molecule has 1 aliphatic heterocycles. The van der Waals surface area contributed by atoms with Crippen molar-refractivity contribution in [1.29, 1.82) is 0 Å². The predicted octanol–water partition coefficient (Wildman–Crippen LogP) is 5.77. The third kappa shape index (κ3) is 4.55. The first-order valence-corrected chi connectivity index (χ1v) is 12.9. The minimum atomic E-state index is -1.71. The second kappa shape index (κ2) is 7.66. The van der Waals surface area contributed by atoms with Gasteiger partial charge in [-0.3, -0.25) is 0 Å². The first-order valence-electron chi connectivity index (χ1n) is 9.54. The van der Waals surface area contributed by atoms with Gasteiger partial charge < -0.3 is 9.33 Å². The number of nitrogens with zero attached hydrogens (tertiary/aromatic N) is 2. The molecule has 0 amide bonds. The quantitative estimate of drug-likeness (QED) is 0.390. The van der Waals surface area contributed by atoms with Gasteiger partial charge in [-0.1, -0.05) is 36.4 Å². The molecule has 2 aromatic carbocycles. The Labute approximate surface area is 158 Å². The molecule has 1 fully saturated rings. The lowest BCUT2D eigenvalue weighted by atomic mass is 10.1. The fourth-order valence-electron chi connectivity index (χ4n) is 3.37. The van der Waals surface area contributed by atoms with Crippen molar-refractivity contribution in [2.45, 2.75) is 52.4 Å². The molecule has 4 heteroatoms. The highest BCUT2D eigenvalue weighted by molar-refractivity contribution is 6.70. The molecule has 1 saturated heterocycles. The maximum Gasteiger partial charge on any atom is 0.242 e. The Morgan fingerprint density at radius 3 is 2.46 bits per heavy atom. The summed E-state index contributed by atoms with van der Waals surface area (Å²) < 4.78 is 6.35. The van der Waals surface area contributed by atoms with Gasteiger partial charge in [0.1, 0.15) is 17.3 Å². The van der Waals surface area contributed by atoms with Crippen LogP contribution in [0.5, 0.6) is 5.75 Å². The number of aliphatic imine (C=N–C) groups is 1. The molecule has 0 saturated carbocycles. The van der Waals surface area contributed by atoms with E-state index in [2.05, 4.69) is 86.9 Å². The van der Waals surface area contributed by atoms with Crippen LogP contribution in [0, 0.1) is 6.92 Å². The Balaban J connectivity index is 2.08. The Kier molecular flexibility index (Phi) is 5.51. The summed E-state index contributed by atoms with van der Waals surface area (Å²) in [4.78, 5) is 7.56. The van der Waals surface area contributed by atoms with Gasteiger partial charge in [0, 0.05) is 18.2 Å². The molecule has 1 heterocycles. The number of benzene rings is 2. The summed E-state index contributed by atoms with van der Waals surface area (Å²) in [6, 6.07) is 17.4. The average molecular weight is 367 g/mol. The Bertz CT molecular complexity index is 780. The molecule has 0 radical (unpaired) electrons. The Morgan fingerprint density at radius 2 is 1.85 bits per heavy atom. The van der Waals surface area contributed by atoms with Crippen LogP contribution >= 0.6 is 0 Å². The molecule has 1 atom stereocenters. The van der Waals surface area contributed by atoms with Crippen LogP contribution < -0.4 is 4.43 Å². The van der Waals surface area contributed by atoms with E-state index in [1.54, 1.807) is 0 Å². The zero-order valence-electron chi connectivity index (χ0n) is 16.6. The Hall–Kier alpha value is -2.07. The molecule has 0 spiro atoms. The lowest BCUT2D eigenvalue weighted by Crippen LogP contribution is -2.34. The molecule has 0 bridgehead atoms. The summed E-state index contributed by atoms with van der Waals surface area (Å²) in [7, 11) is -1.71. The molecule has 0 N–H and O–H groups in total. The maximum atomic E-state index is 6.35. The summed E-state index contributed by atoms with van der Waals surface area (Å²) in [6.45, 7) is 12.1. The number of aryl methyl sites for hydroxylation is 1. The molecule has 1 unspecified atom stereocenters. The average Bonchev–Trinajstić information content (AvgIpc) is 2.99. The van der Waals surface area contributed by atoms with E-state index < -0.39 is 8.32 Å². The molecular formula is C22H30N2OSi. The van der Waals surface area contributed by atoms with Crippen LogP contribution in [0.15, 0.2) is 53.5 Å². The molecule has 1 aliphatic rings. The van der Waals surface area contributed by atoms with Gasteiger partial charge in [0.15, 0.2) is 0 Å². The molecule has 26 heavy (non-hydrogen) atoms. The van der Waals surface area contributed by atoms with Gasteiger partial charge in [-0.05, 0) is 64.0 Å². The number of amidine groups is 1. The van der Waals surface area contributed by atoms with Crippen molar-refractivity contribution in [2.24, 2.45) is 4.99 Å². The SMILES string of the molecule is Cc1ccc(N=C(c2ccccc2)N2CCCC2C)c(O[Si](C)(C)C)c1. The van der Waals surface area contributed by atoms with Crippen LogP contribution in [0.25, 0.3) is 0 Å². The second-order valence-electron chi connectivity index (χ2n) is 8.17. The summed E-state index contributed by atoms with van der Waals surface area (Å²) in [5.41, 5.74) is 3.30. The maximum absolute atomic E-state index is 6.35. The van der Waals surface area contributed by atoms with Crippen LogP contribution in [0.2, 0.25) is 19.6 Å². The monoisotopic (exact) mass is 366 g/mol. The molecule has 3 rings (SSSR count). The van der Waals surface area contributed by atoms with Crippen LogP contribution in [0.3, 0.4) is 0 Å². The smallest absolute Gasteiger partial charge is 0.242 e. The first kappa shape index (κ1) is 18.7. The number of hydrogen-bond donors (Lipinski definition) is 0. The Morgan fingerprint density at radius 1 is 1.12 bits per heavy atom. The standard InChI is InChI=1S/C22H30N2OSi/c1-17-13-14-20(21(16-17)25-26(3,4)5)23-22(19-11-7-6-8-12-19)24-15-9-10-18(24)2/h6-8,11-14,16,18H,9-10,15H2,1-5H3. The van der Waals surface area contributed by atoms with Gasteiger partial charge >= 0.3 is 0 Å². The molecule has 0 aliphatic carbocycles. The topological polar surface area (TPSA) is 24.8 Å². The molecule has 3 nitrogen and oxygen atoms in total. The zero-order valence-corrected chi connectivity index (χ0v) is 17.6. The van der Waals surface area contributed by atoms with E-state index in [1.165, 1.54) is 24.0 Å². The van der Waals surface area contributed by atoms with E-state index in [4.69, 9.17) is 9.42 Å². The first-order chi connectivity index (χ1) is 12.3. The summed E-state index contributed by atoms with van der Waals surface area (Å²) in [6.07, 6.45) is 2.44. The minimum Gasteiger partial charge on any atom is -0.543 e. The van der Waals surface area contributed by atoms with Crippen molar-refractivity contribution >= 4 is 19.8 Å². The van der Waals surface area contributed by atoms with Gasteiger partial charge in [-0.2, -0.15) is 0 Å². The molecular weight excluding hydrogens is 336 g/mol. The second-order valence-corrected chi connectivity index (χ2v) is 12.6. The predicted molar refractivity (Wildman–Crippen MR) is 113 cm³/mol.